The van der Waals surface area contributed by atoms with Gasteiger partial charge < -0.3 is 10.6 Å². The highest BCUT2D eigenvalue weighted by Gasteiger charge is 2.29. The quantitative estimate of drug-likeness (QED) is 0.288. The van der Waals surface area contributed by atoms with Crippen molar-refractivity contribution in [1.82, 2.24) is 10.6 Å². The molecule has 33 heavy (non-hydrogen) atoms. The lowest BCUT2D eigenvalue weighted by molar-refractivity contribution is -0.127. The Bertz CT molecular complexity index is 500. The van der Waals surface area contributed by atoms with E-state index in [4.69, 9.17) is 0 Å². The molecule has 0 aromatic rings. The van der Waals surface area contributed by atoms with E-state index < -0.39 is 0 Å². The smallest absolute Gasteiger partial charge is 0.223 e. The van der Waals surface area contributed by atoms with Crippen LogP contribution in [0.15, 0.2) is 0 Å². The van der Waals surface area contributed by atoms with Crippen molar-refractivity contribution in [3.05, 3.63) is 0 Å². The molecular formula is C29H54N2O2. The average molecular weight is 463 g/mol. The van der Waals surface area contributed by atoms with Gasteiger partial charge in [0.05, 0.1) is 0 Å². The van der Waals surface area contributed by atoms with Gasteiger partial charge in [-0.25, -0.2) is 0 Å². The Balaban J connectivity index is 1.64. The molecule has 2 rings (SSSR count). The van der Waals surface area contributed by atoms with Gasteiger partial charge in [0, 0.05) is 23.9 Å². The fourth-order valence-electron chi connectivity index (χ4n) is 6.14. The van der Waals surface area contributed by atoms with E-state index in [2.05, 4.69) is 38.3 Å². The molecule has 0 heterocycles. The number of hydrogen-bond acceptors (Lipinski definition) is 2. The van der Waals surface area contributed by atoms with Crippen LogP contribution >= 0.6 is 0 Å². The first-order chi connectivity index (χ1) is 16.0. The number of amides is 2. The Kier molecular flexibility index (Phi) is 13.5. The lowest BCUT2D eigenvalue weighted by Crippen LogP contribution is -2.42. The molecule has 2 atom stereocenters. The third-order valence-electron chi connectivity index (χ3n) is 8.59. The molecule has 2 aliphatic carbocycles. The Labute approximate surface area is 204 Å². The topological polar surface area (TPSA) is 58.2 Å². The molecule has 0 saturated heterocycles. The number of unbranched alkanes of at least 4 members (excludes halogenated alkanes) is 2. The van der Waals surface area contributed by atoms with Crippen molar-refractivity contribution in [2.24, 2.45) is 23.7 Å². The minimum atomic E-state index is 0.206. The molecule has 4 heteroatoms. The molecule has 2 N–H and O–H groups in total. The normalized spacial score (nSPS) is 27.5. The maximum Gasteiger partial charge on any atom is 0.223 e. The van der Waals surface area contributed by atoms with E-state index in [1.165, 1.54) is 44.9 Å². The van der Waals surface area contributed by atoms with E-state index in [1.807, 2.05) is 0 Å². The van der Waals surface area contributed by atoms with Crippen molar-refractivity contribution in [3.8, 4) is 0 Å². The second-order valence-electron chi connectivity index (χ2n) is 11.2. The summed E-state index contributed by atoms with van der Waals surface area (Å²) in [6.45, 7) is 8.69. The van der Waals surface area contributed by atoms with Gasteiger partial charge in [-0.05, 0) is 95.3 Å². The van der Waals surface area contributed by atoms with E-state index in [0.29, 0.717) is 23.9 Å². The van der Waals surface area contributed by atoms with Gasteiger partial charge in [0.2, 0.25) is 11.8 Å². The molecule has 0 aromatic carbocycles. The van der Waals surface area contributed by atoms with Gasteiger partial charge in [0.15, 0.2) is 0 Å². The summed E-state index contributed by atoms with van der Waals surface area (Å²) in [5.74, 6) is 2.67. The van der Waals surface area contributed by atoms with Crippen LogP contribution in [0.1, 0.15) is 137 Å². The van der Waals surface area contributed by atoms with E-state index in [-0.39, 0.29) is 11.8 Å². The second-order valence-corrected chi connectivity index (χ2v) is 11.2. The van der Waals surface area contributed by atoms with E-state index in [9.17, 15) is 9.59 Å². The molecule has 0 spiro atoms. The van der Waals surface area contributed by atoms with Crippen LogP contribution in [-0.4, -0.2) is 23.9 Å². The van der Waals surface area contributed by atoms with Crippen molar-refractivity contribution in [3.63, 3.8) is 0 Å². The summed E-state index contributed by atoms with van der Waals surface area (Å²) in [6.07, 6.45) is 19.7. The van der Waals surface area contributed by atoms with Gasteiger partial charge >= 0.3 is 0 Å². The van der Waals surface area contributed by atoms with Gasteiger partial charge in [-0.15, -0.1) is 0 Å². The van der Waals surface area contributed by atoms with Gasteiger partial charge in [0.1, 0.15) is 0 Å². The highest BCUT2D eigenvalue weighted by Crippen LogP contribution is 2.35. The van der Waals surface area contributed by atoms with Crippen LogP contribution in [0.2, 0.25) is 0 Å². The molecule has 4 nitrogen and oxygen atoms in total. The van der Waals surface area contributed by atoms with Gasteiger partial charge in [0.25, 0.3) is 0 Å². The third-order valence-corrected chi connectivity index (χ3v) is 8.59. The molecular weight excluding hydrogens is 408 g/mol. The maximum atomic E-state index is 12.6. The summed E-state index contributed by atoms with van der Waals surface area (Å²) in [4.78, 5) is 25.3. The molecule has 2 unspecified atom stereocenters. The number of nitrogens with one attached hydrogen (secondary N) is 2. The number of carbonyl (C=O) groups excluding carboxylic acids is 2. The minimum absolute atomic E-state index is 0.206. The summed E-state index contributed by atoms with van der Waals surface area (Å²) < 4.78 is 0. The molecule has 2 amide bonds. The van der Waals surface area contributed by atoms with Crippen molar-refractivity contribution in [1.29, 1.82) is 0 Å². The maximum absolute atomic E-state index is 12.6. The summed E-state index contributed by atoms with van der Waals surface area (Å²) in [6, 6.07) is 0.796. The monoisotopic (exact) mass is 462 g/mol. The lowest BCUT2D eigenvalue weighted by atomic mass is 9.75. The standard InChI is InChI=1S/C29H54N2O2/c1-5-9-11-24(7-3)28(32)30-26-17-13-22(14-18-26)21-23-15-19-27(20-16-23)31-29(33)25(8-4)12-10-6-2/h22-27H,5-21H2,1-4H3,(H,30,32)(H,31,33). The van der Waals surface area contributed by atoms with E-state index in [0.717, 1.165) is 76.0 Å². The van der Waals surface area contributed by atoms with Crippen molar-refractivity contribution < 1.29 is 9.59 Å². The molecule has 0 radical (unpaired) electrons. The predicted octanol–water partition coefficient (Wildman–Crippen LogP) is 7.16. The first kappa shape index (κ1) is 28.2. The SMILES string of the molecule is CCCCC(CC)C(=O)NC1CCC(CC2CCC(NC(=O)C(CC)CCCC)CC2)CC1. The predicted molar refractivity (Wildman–Crippen MR) is 139 cm³/mol. The Morgan fingerprint density at radius 1 is 0.636 bits per heavy atom. The number of hydrogen-bond donors (Lipinski definition) is 2. The van der Waals surface area contributed by atoms with Crippen molar-refractivity contribution >= 4 is 11.8 Å². The Morgan fingerprint density at radius 2 is 1.00 bits per heavy atom. The van der Waals surface area contributed by atoms with Crippen LogP contribution in [0.5, 0.6) is 0 Å². The van der Waals surface area contributed by atoms with Crippen molar-refractivity contribution in [2.75, 3.05) is 0 Å². The zero-order valence-electron chi connectivity index (χ0n) is 22.3. The van der Waals surface area contributed by atoms with Gasteiger partial charge in [-0.1, -0.05) is 53.4 Å². The van der Waals surface area contributed by atoms with Crippen LogP contribution < -0.4 is 10.6 Å². The third kappa shape index (κ3) is 9.99. The zero-order valence-corrected chi connectivity index (χ0v) is 22.3. The molecule has 0 aromatic heterocycles. The molecule has 2 aliphatic rings. The summed E-state index contributed by atoms with van der Waals surface area (Å²) in [5.41, 5.74) is 0. The van der Waals surface area contributed by atoms with Crippen LogP contribution in [0.3, 0.4) is 0 Å². The highest BCUT2D eigenvalue weighted by molar-refractivity contribution is 5.79. The Morgan fingerprint density at radius 3 is 1.30 bits per heavy atom. The zero-order chi connectivity index (χ0) is 24.1. The van der Waals surface area contributed by atoms with Crippen LogP contribution in [0.4, 0.5) is 0 Å². The van der Waals surface area contributed by atoms with Crippen LogP contribution in [0, 0.1) is 23.7 Å². The Hall–Kier alpha value is -1.06. The first-order valence-electron chi connectivity index (χ1n) is 14.6. The van der Waals surface area contributed by atoms with E-state index in [1.54, 1.807) is 0 Å². The fraction of sp³-hybridized carbons (Fsp3) is 0.931. The molecule has 2 saturated carbocycles. The summed E-state index contributed by atoms with van der Waals surface area (Å²) >= 11 is 0. The number of rotatable bonds is 14. The van der Waals surface area contributed by atoms with Crippen LogP contribution in [0.25, 0.3) is 0 Å². The van der Waals surface area contributed by atoms with Gasteiger partial charge in [-0.3, -0.25) is 9.59 Å². The largest absolute Gasteiger partial charge is 0.353 e. The van der Waals surface area contributed by atoms with E-state index >= 15 is 0 Å². The van der Waals surface area contributed by atoms with Crippen molar-refractivity contribution in [2.45, 2.75) is 149 Å². The fourth-order valence-corrected chi connectivity index (χ4v) is 6.14. The molecule has 0 bridgehead atoms. The lowest BCUT2D eigenvalue weighted by Gasteiger charge is -2.35. The van der Waals surface area contributed by atoms with Crippen LogP contribution in [-0.2, 0) is 9.59 Å². The van der Waals surface area contributed by atoms with Gasteiger partial charge in [-0.2, -0.15) is 0 Å². The minimum Gasteiger partial charge on any atom is -0.353 e. The molecule has 192 valence electrons. The second kappa shape index (κ2) is 15.8. The molecule has 0 aliphatic heterocycles. The average Bonchev–Trinajstić information content (AvgIpc) is 2.82. The first-order valence-corrected chi connectivity index (χ1v) is 14.6. The number of carbonyl (C=O) groups is 2. The molecule has 2 fully saturated rings. The summed E-state index contributed by atoms with van der Waals surface area (Å²) in [7, 11) is 0. The summed E-state index contributed by atoms with van der Waals surface area (Å²) in [5, 5.41) is 6.75. The highest BCUT2D eigenvalue weighted by atomic mass is 16.2.